The predicted molar refractivity (Wildman–Crippen MR) is 89.3 cm³/mol. The van der Waals surface area contributed by atoms with E-state index in [-0.39, 0.29) is 29.1 Å². The molecule has 0 aliphatic carbocycles. The van der Waals surface area contributed by atoms with Gasteiger partial charge in [0.15, 0.2) is 0 Å². The quantitative estimate of drug-likeness (QED) is 0.657. The largest absolute Gasteiger partial charge is 0.404 e. The van der Waals surface area contributed by atoms with Crippen molar-refractivity contribution in [2.45, 2.75) is 24.9 Å². The lowest BCUT2D eigenvalue weighted by atomic mass is 9.71. The van der Waals surface area contributed by atoms with E-state index < -0.39 is 29.6 Å². The van der Waals surface area contributed by atoms with Gasteiger partial charge in [0.1, 0.15) is 16.9 Å². The third-order valence-electron chi connectivity index (χ3n) is 4.58. The van der Waals surface area contributed by atoms with Gasteiger partial charge in [-0.15, -0.1) is 0 Å². The van der Waals surface area contributed by atoms with E-state index in [2.05, 4.69) is 5.32 Å². The number of pyridine rings is 1. The van der Waals surface area contributed by atoms with Crippen LogP contribution in [0.25, 0.3) is 0 Å². The van der Waals surface area contributed by atoms with Crippen LogP contribution in [-0.2, 0) is 17.2 Å². The van der Waals surface area contributed by atoms with Crippen LogP contribution in [-0.4, -0.2) is 24.0 Å². The molecule has 0 bridgehead atoms. The van der Waals surface area contributed by atoms with E-state index in [9.17, 15) is 22.4 Å². The number of anilines is 2. The second-order valence-electron chi connectivity index (χ2n) is 6.29. The number of hydrogen-bond donors (Lipinski definition) is 1. The molecule has 2 heterocycles. The average molecular weight is 370 g/mol. The highest BCUT2D eigenvalue weighted by atomic mass is 19.4. The van der Waals surface area contributed by atoms with Crippen molar-refractivity contribution in [3.05, 3.63) is 57.8 Å². The van der Waals surface area contributed by atoms with Crippen LogP contribution in [0.5, 0.6) is 0 Å². The Balaban J connectivity index is 2.36. The van der Waals surface area contributed by atoms with Crippen LogP contribution < -0.4 is 10.9 Å². The van der Waals surface area contributed by atoms with Crippen LogP contribution >= 0.6 is 0 Å². The van der Waals surface area contributed by atoms with E-state index in [0.29, 0.717) is 6.42 Å². The molecule has 0 fully saturated rings. The smallest absolute Gasteiger partial charge is 0.380 e. The molecule has 1 aliphatic rings. The molecule has 2 aromatic rings. The number of halogens is 4. The molecule has 140 valence electrons. The van der Waals surface area contributed by atoms with E-state index in [1.54, 1.807) is 6.92 Å². The molecule has 0 radical (unpaired) electrons. The molecule has 0 saturated heterocycles. The second kappa shape index (κ2) is 6.42. The molecule has 1 aliphatic heterocycles. The van der Waals surface area contributed by atoms with Gasteiger partial charge in [-0.25, -0.2) is 4.39 Å². The number of alkyl halides is 3. The maximum Gasteiger partial charge on any atom is 0.404 e. The Kier molecular flexibility index (Phi) is 4.56. The Morgan fingerprint density at radius 2 is 1.96 bits per heavy atom. The summed E-state index contributed by atoms with van der Waals surface area (Å²) in [6.45, 7) is 1.17. The number of benzene rings is 1. The predicted octanol–water partition coefficient (Wildman–Crippen LogP) is 3.86. The number of rotatable bonds is 4. The molecule has 1 aromatic carbocycles. The van der Waals surface area contributed by atoms with E-state index in [1.165, 1.54) is 29.9 Å². The summed E-state index contributed by atoms with van der Waals surface area (Å²) in [4.78, 5) is 12.5. The fourth-order valence-electron chi connectivity index (χ4n) is 3.28. The van der Waals surface area contributed by atoms with E-state index >= 15 is 0 Å². The molecule has 1 atom stereocenters. The first-order valence-electron chi connectivity index (χ1n) is 8.14. The van der Waals surface area contributed by atoms with E-state index in [4.69, 9.17) is 4.74 Å². The highest BCUT2D eigenvalue weighted by Crippen LogP contribution is 2.53. The number of ether oxygens (including phenoxy) is 1. The molecule has 1 aromatic heterocycles. The lowest BCUT2D eigenvalue weighted by Crippen LogP contribution is -2.50. The summed E-state index contributed by atoms with van der Waals surface area (Å²) in [5.41, 5.74) is -3.91. The van der Waals surface area contributed by atoms with Crippen LogP contribution in [0, 0.1) is 5.82 Å². The standard InChI is InChI=1S/C18H18F4N2O2/c1-3-8-26-10-17(18(20,21)22)12-6-7-24(2)16(25)15(12)23-14-5-4-11(19)9-13(14)17/h4-7,9,23H,3,8,10H2,1-2H3. The normalized spacial score (nSPS) is 18.8. The molecular weight excluding hydrogens is 352 g/mol. The summed E-state index contributed by atoms with van der Waals surface area (Å²) >= 11 is 0. The molecule has 0 saturated carbocycles. The molecule has 0 amide bonds. The van der Waals surface area contributed by atoms with Gasteiger partial charge in [-0.3, -0.25) is 4.79 Å². The third kappa shape index (κ3) is 2.68. The van der Waals surface area contributed by atoms with Gasteiger partial charge in [0.25, 0.3) is 5.56 Å². The second-order valence-corrected chi connectivity index (χ2v) is 6.29. The Hall–Kier alpha value is -2.35. The molecule has 3 rings (SSSR count). The van der Waals surface area contributed by atoms with Crippen molar-refractivity contribution in [1.29, 1.82) is 0 Å². The number of aromatic nitrogens is 1. The zero-order valence-electron chi connectivity index (χ0n) is 14.3. The van der Waals surface area contributed by atoms with Crippen LogP contribution in [0.15, 0.2) is 35.3 Å². The Morgan fingerprint density at radius 3 is 2.62 bits per heavy atom. The van der Waals surface area contributed by atoms with Crippen molar-refractivity contribution in [2.75, 3.05) is 18.5 Å². The highest BCUT2D eigenvalue weighted by Gasteiger charge is 2.61. The summed E-state index contributed by atoms with van der Waals surface area (Å²) in [5.74, 6) is -0.790. The van der Waals surface area contributed by atoms with Gasteiger partial charge in [-0.2, -0.15) is 13.2 Å². The van der Waals surface area contributed by atoms with Crippen molar-refractivity contribution < 1.29 is 22.3 Å². The first kappa shape index (κ1) is 18.4. The molecule has 8 heteroatoms. The van der Waals surface area contributed by atoms with Gasteiger partial charge in [0.2, 0.25) is 0 Å². The monoisotopic (exact) mass is 370 g/mol. The minimum Gasteiger partial charge on any atom is -0.380 e. The Bertz CT molecular complexity index is 892. The summed E-state index contributed by atoms with van der Waals surface area (Å²) in [6, 6.07) is 4.35. The topological polar surface area (TPSA) is 43.3 Å². The number of nitrogens with one attached hydrogen (secondary N) is 1. The van der Waals surface area contributed by atoms with Gasteiger partial charge in [0, 0.05) is 36.7 Å². The van der Waals surface area contributed by atoms with E-state index in [0.717, 1.165) is 12.1 Å². The molecule has 0 spiro atoms. The zero-order valence-corrected chi connectivity index (χ0v) is 14.3. The minimum absolute atomic E-state index is 0.0413. The van der Waals surface area contributed by atoms with Gasteiger partial charge < -0.3 is 14.6 Å². The van der Waals surface area contributed by atoms with Crippen LogP contribution in [0.4, 0.5) is 28.9 Å². The summed E-state index contributed by atoms with van der Waals surface area (Å²) < 4.78 is 63.5. The Morgan fingerprint density at radius 1 is 1.23 bits per heavy atom. The number of fused-ring (bicyclic) bond motifs is 2. The van der Waals surface area contributed by atoms with Crippen LogP contribution in [0.3, 0.4) is 0 Å². The van der Waals surface area contributed by atoms with Crippen molar-refractivity contribution in [1.82, 2.24) is 4.57 Å². The lowest BCUT2D eigenvalue weighted by Gasteiger charge is -2.41. The summed E-state index contributed by atoms with van der Waals surface area (Å²) in [5, 5.41) is 2.74. The molecule has 4 nitrogen and oxygen atoms in total. The van der Waals surface area contributed by atoms with Crippen molar-refractivity contribution in [3.8, 4) is 0 Å². The lowest BCUT2D eigenvalue weighted by molar-refractivity contribution is -0.192. The zero-order chi connectivity index (χ0) is 19.1. The third-order valence-corrected chi connectivity index (χ3v) is 4.58. The number of aryl methyl sites for hydroxylation is 1. The van der Waals surface area contributed by atoms with Crippen LogP contribution in [0.2, 0.25) is 0 Å². The molecule has 26 heavy (non-hydrogen) atoms. The summed E-state index contributed by atoms with van der Waals surface area (Å²) in [7, 11) is 1.45. The van der Waals surface area contributed by atoms with Crippen LogP contribution in [0.1, 0.15) is 24.5 Å². The first-order valence-corrected chi connectivity index (χ1v) is 8.14. The highest BCUT2D eigenvalue weighted by molar-refractivity contribution is 5.76. The van der Waals surface area contributed by atoms with Crippen molar-refractivity contribution in [2.24, 2.45) is 7.05 Å². The molecular formula is C18H18F4N2O2. The molecule has 1 N–H and O–H groups in total. The van der Waals surface area contributed by atoms with Gasteiger partial charge in [-0.1, -0.05) is 6.92 Å². The fourth-order valence-corrected chi connectivity index (χ4v) is 3.28. The average Bonchev–Trinajstić information content (AvgIpc) is 2.57. The maximum atomic E-state index is 14.4. The number of nitrogens with zero attached hydrogens (tertiary/aromatic N) is 1. The fraction of sp³-hybridized carbons (Fsp3) is 0.389. The maximum absolute atomic E-state index is 14.4. The Labute approximate surface area is 147 Å². The first-order chi connectivity index (χ1) is 12.2. The SMILES string of the molecule is CCCOCC1(C(F)(F)F)c2cc(F)ccc2Nc2c1ccn(C)c2=O. The number of hydrogen-bond acceptors (Lipinski definition) is 3. The van der Waals surface area contributed by atoms with E-state index in [1.807, 2.05) is 0 Å². The van der Waals surface area contributed by atoms with Gasteiger partial charge in [-0.05, 0) is 30.7 Å². The van der Waals surface area contributed by atoms with Crippen molar-refractivity contribution >= 4 is 11.4 Å². The summed E-state index contributed by atoms with van der Waals surface area (Å²) in [6.07, 6.45) is -2.99. The van der Waals surface area contributed by atoms with Gasteiger partial charge in [0.05, 0.1) is 6.61 Å². The van der Waals surface area contributed by atoms with Crippen molar-refractivity contribution in [3.63, 3.8) is 0 Å². The van der Waals surface area contributed by atoms with Gasteiger partial charge >= 0.3 is 6.18 Å². The minimum atomic E-state index is -4.80. The molecule has 1 unspecified atom stereocenters.